The van der Waals surface area contributed by atoms with E-state index in [1.165, 1.54) is 5.56 Å². The first-order chi connectivity index (χ1) is 9.89. The van der Waals surface area contributed by atoms with Crippen molar-refractivity contribution in [1.82, 2.24) is 10.3 Å². The first-order valence-corrected chi connectivity index (χ1v) is 7.68. The van der Waals surface area contributed by atoms with Gasteiger partial charge in [-0.05, 0) is 65.3 Å². The zero-order valence-electron chi connectivity index (χ0n) is 13.3. The summed E-state index contributed by atoms with van der Waals surface area (Å²) in [6, 6.07) is 4.59. The number of nitriles is 1. The van der Waals surface area contributed by atoms with E-state index >= 15 is 0 Å². The van der Waals surface area contributed by atoms with Crippen molar-refractivity contribution < 1.29 is 4.74 Å². The van der Waals surface area contributed by atoms with Gasteiger partial charge in [0.15, 0.2) is 0 Å². The van der Waals surface area contributed by atoms with Crippen molar-refractivity contribution in [2.75, 3.05) is 13.1 Å². The van der Waals surface area contributed by atoms with Crippen molar-refractivity contribution in [3.8, 4) is 6.07 Å². The largest absolute Gasteiger partial charge is 0.359 e. The summed E-state index contributed by atoms with van der Waals surface area (Å²) in [5.74, 6) is 0. The molecule has 1 spiro atoms. The number of aromatic nitrogens is 1. The molecular weight excluding hydrogens is 262 g/mol. The van der Waals surface area contributed by atoms with Crippen molar-refractivity contribution in [2.45, 2.75) is 52.2 Å². The molecule has 112 valence electrons. The lowest BCUT2D eigenvalue weighted by atomic mass is 9.82. The van der Waals surface area contributed by atoms with Crippen molar-refractivity contribution in [2.24, 2.45) is 5.41 Å². The Morgan fingerprint density at radius 1 is 1.38 bits per heavy atom. The quantitative estimate of drug-likeness (QED) is 0.862. The van der Waals surface area contributed by atoms with Crippen LogP contribution in [-0.4, -0.2) is 18.1 Å². The van der Waals surface area contributed by atoms with Crippen LogP contribution < -0.4 is 5.32 Å². The molecule has 0 amide bonds. The van der Waals surface area contributed by atoms with Gasteiger partial charge in [0.05, 0.1) is 17.2 Å². The number of piperidine rings is 1. The molecule has 1 saturated heterocycles. The zero-order valence-corrected chi connectivity index (χ0v) is 13.3. The highest BCUT2D eigenvalue weighted by Crippen LogP contribution is 2.53. The molecule has 3 rings (SSSR count). The summed E-state index contributed by atoms with van der Waals surface area (Å²) in [4.78, 5) is 4.87. The van der Waals surface area contributed by atoms with Crippen LogP contribution in [0.4, 0.5) is 0 Å². The molecule has 2 aliphatic rings. The van der Waals surface area contributed by atoms with Gasteiger partial charge in [-0.15, -0.1) is 0 Å². The molecule has 4 nitrogen and oxygen atoms in total. The molecule has 0 aromatic carbocycles. The summed E-state index contributed by atoms with van der Waals surface area (Å²) in [7, 11) is 0. The van der Waals surface area contributed by atoms with Gasteiger partial charge in [0.2, 0.25) is 0 Å². The highest BCUT2D eigenvalue weighted by Gasteiger charge is 2.51. The minimum Gasteiger partial charge on any atom is -0.359 e. The molecule has 0 saturated carbocycles. The summed E-state index contributed by atoms with van der Waals surface area (Å²) < 4.78 is 6.50. The average molecular weight is 285 g/mol. The Morgan fingerprint density at radius 3 is 2.67 bits per heavy atom. The van der Waals surface area contributed by atoms with Crippen LogP contribution in [0.3, 0.4) is 0 Å². The van der Waals surface area contributed by atoms with E-state index in [1.54, 1.807) is 0 Å². The van der Waals surface area contributed by atoms with Gasteiger partial charge in [-0.25, -0.2) is 0 Å². The molecule has 0 aliphatic carbocycles. The van der Waals surface area contributed by atoms with E-state index < -0.39 is 5.41 Å². The Hall–Kier alpha value is -1.44. The molecule has 0 unspecified atom stereocenters. The third-order valence-corrected chi connectivity index (χ3v) is 4.91. The number of nitrogens with zero attached hydrogens (tertiary/aromatic N) is 2. The van der Waals surface area contributed by atoms with E-state index in [-0.39, 0.29) is 11.7 Å². The third kappa shape index (κ3) is 2.16. The van der Waals surface area contributed by atoms with Crippen molar-refractivity contribution in [3.05, 3.63) is 28.6 Å². The number of hydrogen-bond acceptors (Lipinski definition) is 4. The highest BCUT2D eigenvalue weighted by atomic mass is 16.5. The Morgan fingerprint density at radius 2 is 2.05 bits per heavy atom. The Balaban J connectivity index is 2.15. The number of rotatable bonds is 1. The average Bonchev–Trinajstić information content (AvgIpc) is 2.76. The molecule has 0 bridgehead atoms. The lowest BCUT2D eigenvalue weighted by molar-refractivity contribution is -0.123. The number of hydrogen-bond donors (Lipinski definition) is 1. The van der Waals surface area contributed by atoms with Gasteiger partial charge < -0.3 is 10.1 Å². The SMILES string of the molecule is Cc1cc2c(nc1C)C1(CCNCC1)O[C@@H]2C(C)(C)C#N. The van der Waals surface area contributed by atoms with E-state index in [0.717, 1.165) is 42.9 Å². The Bertz CT molecular complexity index is 609. The standard InChI is InChI=1S/C17H23N3O/c1-11-9-13-14(20-12(11)2)17(5-7-19-8-6-17)21-15(13)16(3,4)10-18/h9,15,19H,5-8H2,1-4H3/t15-/m0/s1. The monoisotopic (exact) mass is 285 g/mol. The van der Waals surface area contributed by atoms with Crippen LogP contribution in [0.15, 0.2) is 6.07 Å². The highest BCUT2D eigenvalue weighted by molar-refractivity contribution is 5.40. The maximum Gasteiger partial charge on any atom is 0.114 e. The molecule has 4 heteroatoms. The smallest absolute Gasteiger partial charge is 0.114 e. The van der Waals surface area contributed by atoms with E-state index in [9.17, 15) is 5.26 Å². The minimum absolute atomic E-state index is 0.192. The van der Waals surface area contributed by atoms with Crippen LogP contribution in [0.25, 0.3) is 0 Å². The van der Waals surface area contributed by atoms with Crippen LogP contribution >= 0.6 is 0 Å². The molecule has 1 fully saturated rings. The normalized spacial score (nSPS) is 23.9. The van der Waals surface area contributed by atoms with E-state index in [4.69, 9.17) is 9.72 Å². The van der Waals surface area contributed by atoms with Crippen LogP contribution in [0, 0.1) is 30.6 Å². The van der Waals surface area contributed by atoms with Gasteiger partial charge in [0.25, 0.3) is 0 Å². The Kier molecular flexibility index (Phi) is 3.31. The van der Waals surface area contributed by atoms with Gasteiger partial charge in [0.1, 0.15) is 11.7 Å². The lowest BCUT2D eigenvalue weighted by Gasteiger charge is -2.35. The Labute approximate surface area is 126 Å². The summed E-state index contributed by atoms with van der Waals surface area (Å²) in [5.41, 5.74) is 3.56. The van der Waals surface area contributed by atoms with Gasteiger partial charge in [0, 0.05) is 11.3 Å². The molecule has 2 aliphatic heterocycles. The number of nitrogens with one attached hydrogen (secondary N) is 1. The fraction of sp³-hybridized carbons (Fsp3) is 0.647. The van der Waals surface area contributed by atoms with Crippen molar-refractivity contribution >= 4 is 0 Å². The summed E-state index contributed by atoms with van der Waals surface area (Å²) in [6.45, 7) is 9.91. The molecular formula is C17H23N3O. The predicted octanol–water partition coefficient (Wildman–Crippen LogP) is 2.90. The summed E-state index contributed by atoms with van der Waals surface area (Å²) >= 11 is 0. The molecule has 0 radical (unpaired) electrons. The fourth-order valence-corrected chi connectivity index (χ4v) is 3.42. The van der Waals surface area contributed by atoms with Gasteiger partial charge in [-0.1, -0.05) is 0 Å². The first kappa shape index (κ1) is 14.5. The summed E-state index contributed by atoms with van der Waals surface area (Å²) in [6.07, 6.45) is 1.66. The van der Waals surface area contributed by atoms with Crippen LogP contribution in [0.5, 0.6) is 0 Å². The molecule has 1 aromatic heterocycles. The molecule has 3 heterocycles. The number of ether oxygens (including phenoxy) is 1. The molecule has 1 N–H and O–H groups in total. The fourth-order valence-electron chi connectivity index (χ4n) is 3.42. The van der Waals surface area contributed by atoms with Gasteiger partial charge >= 0.3 is 0 Å². The maximum atomic E-state index is 9.53. The predicted molar refractivity (Wildman–Crippen MR) is 80.7 cm³/mol. The zero-order chi connectivity index (χ0) is 15.3. The summed E-state index contributed by atoms with van der Waals surface area (Å²) in [5, 5.41) is 12.9. The van der Waals surface area contributed by atoms with E-state index in [2.05, 4.69) is 24.4 Å². The molecule has 1 aromatic rings. The second-order valence-electron chi connectivity index (χ2n) is 6.90. The third-order valence-electron chi connectivity index (χ3n) is 4.91. The first-order valence-electron chi connectivity index (χ1n) is 7.68. The second kappa shape index (κ2) is 4.79. The van der Waals surface area contributed by atoms with E-state index in [0.29, 0.717) is 0 Å². The number of pyridine rings is 1. The van der Waals surface area contributed by atoms with Crippen molar-refractivity contribution in [1.29, 1.82) is 5.26 Å². The lowest BCUT2D eigenvalue weighted by Crippen LogP contribution is -2.41. The van der Waals surface area contributed by atoms with Crippen LogP contribution in [-0.2, 0) is 10.3 Å². The second-order valence-corrected chi connectivity index (χ2v) is 6.90. The van der Waals surface area contributed by atoms with Gasteiger partial charge in [-0.2, -0.15) is 5.26 Å². The molecule has 21 heavy (non-hydrogen) atoms. The minimum atomic E-state index is -0.549. The number of fused-ring (bicyclic) bond motifs is 2. The van der Waals surface area contributed by atoms with Gasteiger partial charge in [-0.3, -0.25) is 4.98 Å². The number of aryl methyl sites for hydroxylation is 2. The van der Waals surface area contributed by atoms with Crippen LogP contribution in [0.2, 0.25) is 0 Å². The van der Waals surface area contributed by atoms with E-state index in [1.807, 2.05) is 20.8 Å². The van der Waals surface area contributed by atoms with Crippen molar-refractivity contribution in [3.63, 3.8) is 0 Å². The van der Waals surface area contributed by atoms with Crippen LogP contribution in [0.1, 0.15) is 55.3 Å². The maximum absolute atomic E-state index is 9.53. The topological polar surface area (TPSA) is 57.9 Å². The molecule has 1 atom stereocenters.